The Balaban J connectivity index is 2.13. The largest absolute Gasteiger partial charge is 0.366 e. The van der Waals surface area contributed by atoms with Gasteiger partial charge in [-0.15, -0.1) is 0 Å². The van der Waals surface area contributed by atoms with Crippen LogP contribution in [0.2, 0.25) is 0 Å². The van der Waals surface area contributed by atoms with Crippen LogP contribution in [-0.4, -0.2) is 15.9 Å². The van der Waals surface area contributed by atoms with Crippen molar-refractivity contribution in [3.05, 3.63) is 60.6 Å². The van der Waals surface area contributed by atoms with Gasteiger partial charge in [0.25, 0.3) is 0 Å². The normalized spacial score (nSPS) is 10.5. The van der Waals surface area contributed by atoms with E-state index < -0.39 is 5.91 Å². The summed E-state index contributed by atoms with van der Waals surface area (Å²) in [6.45, 7) is 0. The molecule has 0 unspecified atom stereocenters. The number of fused-ring (bicyclic) bond motifs is 1. The molecule has 4 nitrogen and oxygen atoms in total. The van der Waals surface area contributed by atoms with Gasteiger partial charge in [-0.2, -0.15) is 0 Å². The van der Waals surface area contributed by atoms with Crippen LogP contribution in [0.15, 0.2) is 55.0 Å². The summed E-state index contributed by atoms with van der Waals surface area (Å²) in [6, 6.07) is 11.6. The van der Waals surface area contributed by atoms with Crippen molar-refractivity contribution in [1.82, 2.24) is 9.97 Å². The average Bonchev–Trinajstić information content (AvgIpc) is 2.47. The van der Waals surface area contributed by atoms with Crippen molar-refractivity contribution in [2.75, 3.05) is 0 Å². The number of amides is 1. The van der Waals surface area contributed by atoms with Gasteiger partial charge in [0.1, 0.15) is 0 Å². The van der Waals surface area contributed by atoms with Gasteiger partial charge in [0.2, 0.25) is 5.91 Å². The number of aromatic nitrogens is 2. The molecule has 1 amide bonds. The first-order valence-electron chi connectivity index (χ1n) is 5.84. The highest BCUT2D eigenvalue weighted by atomic mass is 16.1. The van der Waals surface area contributed by atoms with Gasteiger partial charge in [0, 0.05) is 35.1 Å². The van der Waals surface area contributed by atoms with Crippen LogP contribution in [0.4, 0.5) is 0 Å². The summed E-state index contributed by atoms with van der Waals surface area (Å²) < 4.78 is 0. The van der Waals surface area contributed by atoms with Crippen LogP contribution in [0.5, 0.6) is 0 Å². The van der Waals surface area contributed by atoms with Gasteiger partial charge in [-0.05, 0) is 18.2 Å². The minimum atomic E-state index is -0.483. The summed E-state index contributed by atoms with van der Waals surface area (Å²) in [6.07, 6.45) is 4.92. The lowest BCUT2D eigenvalue weighted by Gasteiger charge is -2.04. The first kappa shape index (κ1) is 11.3. The van der Waals surface area contributed by atoms with E-state index in [-0.39, 0.29) is 0 Å². The van der Waals surface area contributed by atoms with Gasteiger partial charge in [0.05, 0.1) is 11.1 Å². The predicted octanol–water partition coefficient (Wildman–Crippen LogP) is 2.40. The molecule has 2 aromatic heterocycles. The molecule has 4 heteroatoms. The fourth-order valence-electron chi connectivity index (χ4n) is 1.96. The maximum Gasteiger partial charge on any atom is 0.250 e. The van der Waals surface area contributed by atoms with E-state index in [1.54, 1.807) is 18.5 Å². The van der Waals surface area contributed by atoms with E-state index in [2.05, 4.69) is 9.97 Å². The molecule has 0 saturated heterocycles. The maximum atomic E-state index is 11.2. The standard InChI is InChI=1S/C15H11N3O/c16-15(19)13-6-11(7-17-8-13)12-5-10-3-1-2-4-14(10)18-9-12/h1-9H,(H2,16,19). The molecule has 0 aliphatic rings. The third-order valence-corrected chi connectivity index (χ3v) is 2.95. The lowest BCUT2D eigenvalue weighted by Crippen LogP contribution is -2.11. The fraction of sp³-hybridized carbons (Fsp3) is 0. The minimum absolute atomic E-state index is 0.394. The highest BCUT2D eigenvalue weighted by molar-refractivity contribution is 5.94. The molecule has 19 heavy (non-hydrogen) atoms. The van der Waals surface area contributed by atoms with E-state index in [0.29, 0.717) is 5.56 Å². The first-order valence-corrected chi connectivity index (χ1v) is 5.84. The molecular formula is C15H11N3O. The fourth-order valence-corrected chi connectivity index (χ4v) is 1.96. The number of carbonyl (C=O) groups is 1. The number of hydrogen-bond donors (Lipinski definition) is 1. The van der Waals surface area contributed by atoms with Crippen LogP contribution < -0.4 is 5.73 Å². The molecule has 2 N–H and O–H groups in total. The summed E-state index contributed by atoms with van der Waals surface area (Å²) in [5.41, 5.74) is 8.33. The number of pyridine rings is 2. The Hall–Kier alpha value is -2.75. The second-order valence-corrected chi connectivity index (χ2v) is 4.24. The molecule has 0 aliphatic heterocycles. The molecule has 3 rings (SSSR count). The average molecular weight is 249 g/mol. The molecule has 1 aromatic carbocycles. The predicted molar refractivity (Wildman–Crippen MR) is 73.5 cm³/mol. The first-order chi connectivity index (χ1) is 9.24. The molecule has 2 heterocycles. The molecule has 0 bridgehead atoms. The van der Waals surface area contributed by atoms with E-state index in [1.165, 1.54) is 6.20 Å². The van der Waals surface area contributed by atoms with E-state index >= 15 is 0 Å². The molecule has 3 aromatic rings. The number of primary amides is 1. The third kappa shape index (κ3) is 2.15. The summed E-state index contributed by atoms with van der Waals surface area (Å²) in [5, 5.41) is 1.05. The second kappa shape index (κ2) is 4.49. The molecule has 0 spiro atoms. The van der Waals surface area contributed by atoms with Crippen LogP contribution in [-0.2, 0) is 0 Å². The van der Waals surface area contributed by atoms with Crippen molar-refractivity contribution in [1.29, 1.82) is 0 Å². The number of nitrogens with zero attached hydrogens (tertiary/aromatic N) is 2. The zero-order valence-corrected chi connectivity index (χ0v) is 10.1. The summed E-state index contributed by atoms with van der Waals surface area (Å²) in [7, 11) is 0. The summed E-state index contributed by atoms with van der Waals surface area (Å²) in [5.74, 6) is -0.483. The molecular weight excluding hydrogens is 238 g/mol. The van der Waals surface area contributed by atoms with E-state index in [0.717, 1.165) is 22.0 Å². The van der Waals surface area contributed by atoms with E-state index in [9.17, 15) is 4.79 Å². The smallest absolute Gasteiger partial charge is 0.250 e. The lowest BCUT2D eigenvalue weighted by molar-refractivity contribution is 0.1000. The number of carbonyl (C=O) groups excluding carboxylic acids is 1. The van der Waals surface area contributed by atoms with Crippen molar-refractivity contribution in [2.24, 2.45) is 5.73 Å². The van der Waals surface area contributed by atoms with E-state index in [4.69, 9.17) is 5.73 Å². The quantitative estimate of drug-likeness (QED) is 0.758. The van der Waals surface area contributed by atoms with Crippen molar-refractivity contribution in [2.45, 2.75) is 0 Å². The second-order valence-electron chi connectivity index (χ2n) is 4.24. The molecule has 0 atom stereocenters. The van der Waals surface area contributed by atoms with Gasteiger partial charge < -0.3 is 5.73 Å². The highest BCUT2D eigenvalue weighted by Crippen LogP contribution is 2.22. The lowest BCUT2D eigenvalue weighted by atomic mass is 10.1. The Labute approximate surface area is 109 Å². The van der Waals surface area contributed by atoms with Gasteiger partial charge in [-0.3, -0.25) is 14.8 Å². The Morgan fingerprint density at radius 1 is 1.00 bits per heavy atom. The number of para-hydroxylation sites is 1. The zero-order chi connectivity index (χ0) is 13.2. The number of nitrogens with two attached hydrogens (primary N) is 1. The number of benzene rings is 1. The maximum absolute atomic E-state index is 11.2. The van der Waals surface area contributed by atoms with Gasteiger partial charge >= 0.3 is 0 Å². The molecule has 0 saturated carbocycles. The van der Waals surface area contributed by atoms with Crippen molar-refractivity contribution in [3.63, 3.8) is 0 Å². The van der Waals surface area contributed by atoms with Crippen LogP contribution in [0.25, 0.3) is 22.0 Å². The number of rotatable bonds is 2. The minimum Gasteiger partial charge on any atom is -0.366 e. The van der Waals surface area contributed by atoms with Crippen molar-refractivity contribution < 1.29 is 4.79 Å². The Bertz CT molecular complexity index is 768. The van der Waals surface area contributed by atoms with Crippen molar-refractivity contribution in [3.8, 4) is 11.1 Å². The monoisotopic (exact) mass is 249 g/mol. The zero-order valence-electron chi connectivity index (χ0n) is 10.1. The molecule has 0 radical (unpaired) electrons. The SMILES string of the molecule is NC(=O)c1cncc(-c2cnc3ccccc3c2)c1. The van der Waals surface area contributed by atoms with Gasteiger partial charge in [0.15, 0.2) is 0 Å². The Morgan fingerprint density at radius 2 is 1.79 bits per heavy atom. The molecule has 92 valence electrons. The topological polar surface area (TPSA) is 68.9 Å². The Kier molecular flexibility index (Phi) is 2.68. The third-order valence-electron chi connectivity index (χ3n) is 2.95. The highest BCUT2D eigenvalue weighted by Gasteiger charge is 2.05. The summed E-state index contributed by atoms with van der Waals surface area (Å²) in [4.78, 5) is 19.6. The van der Waals surface area contributed by atoms with Gasteiger partial charge in [-0.1, -0.05) is 18.2 Å². The van der Waals surface area contributed by atoms with Crippen LogP contribution in [0.1, 0.15) is 10.4 Å². The van der Waals surface area contributed by atoms with Crippen molar-refractivity contribution >= 4 is 16.8 Å². The van der Waals surface area contributed by atoms with Gasteiger partial charge in [-0.25, -0.2) is 0 Å². The van der Waals surface area contributed by atoms with Crippen LogP contribution in [0.3, 0.4) is 0 Å². The summed E-state index contributed by atoms with van der Waals surface area (Å²) >= 11 is 0. The van der Waals surface area contributed by atoms with E-state index in [1.807, 2.05) is 30.3 Å². The Morgan fingerprint density at radius 3 is 2.63 bits per heavy atom. The van der Waals surface area contributed by atoms with Crippen LogP contribution in [0, 0.1) is 0 Å². The van der Waals surface area contributed by atoms with Crippen LogP contribution >= 0.6 is 0 Å². The molecule has 0 aliphatic carbocycles. The number of hydrogen-bond acceptors (Lipinski definition) is 3. The molecule has 0 fully saturated rings.